The Morgan fingerprint density at radius 3 is 2.69 bits per heavy atom. The summed E-state index contributed by atoms with van der Waals surface area (Å²) in [4.78, 5) is 24.1. The lowest BCUT2D eigenvalue weighted by Gasteiger charge is -2.10. The Hall–Kier alpha value is -3.66. The molecule has 0 aliphatic carbocycles. The molecule has 0 spiro atoms. The molecule has 0 bridgehead atoms. The third-order valence-corrected chi connectivity index (χ3v) is 4.62. The average molecular weight is 397 g/mol. The fourth-order valence-electron chi connectivity index (χ4n) is 3.13. The zero-order valence-corrected chi connectivity index (χ0v) is 15.4. The second-order valence-electron chi connectivity index (χ2n) is 6.53. The molecular formula is C19H17F2N7O. The standard InChI is InChI=1S/C19H17F2N7O/c1-10-4-13(14-5-11-2-3-23-17(11)24-8-14)9-25-18(10)28-15(26-27-19(28)29)6-12(7-22)16(20)21/h2-5,8-9H,6-7,22H2,1H3,(H,23,24)(H,27,29). The van der Waals surface area contributed by atoms with Gasteiger partial charge in [-0.25, -0.2) is 24.4 Å². The predicted octanol–water partition coefficient (Wildman–Crippen LogP) is 2.46. The van der Waals surface area contributed by atoms with Crippen molar-refractivity contribution in [3.63, 3.8) is 0 Å². The lowest BCUT2D eigenvalue weighted by molar-refractivity contribution is 0.407. The van der Waals surface area contributed by atoms with Gasteiger partial charge in [0.05, 0.1) is 0 Å². The van der Waals surface area contributed by atoms with Crippen molar-refractivity contribution < 1.29 is 8.78 Å². The summed E-state index contributed by atoms with van der Waals surface area (Å²) >= 11 is 0. The second-order valence-corrected chi connectivity index (χ2v) is 6.53. The molecular weight excluding hydrogens is 380 g/mol. The highest BCUT2D eigenvalue weighted by molar-refractivity contribution is 5.81. The van der Waals surface area contributed by atoms with Gasteiger partial charge < -0.3 is 10.7 Å². The van der Waals surface area contributed by atoms with Gasteiger partial charge in [-0.05, 0) is 30.7 Å². The van der Waals surface area contributed by atoms with E-state index in [0.29, 0.717) is 11.4 Å². The van der Waals surface area contributed by atoms with Crippen LogP contribution in [0, 0.1) is 6.92 Å². The molecule has 4 heterocycles. The summed E-state index contributed by atoms with van der Waals surface area (Å²) in [5, 5.41) is 7.12. The van der Waals surface area contributed by atoms with E-state index in [4.69, 9.17) is 5.73 Å². The third-order valence-electron chi connectivity index (χ3n) is 4.62. The fourth-order valence-corrected chi connectivity index (χ4v) is 3.13. The minimum absolute atomic E-state index is 0.113. The van der Waals surface area contributed by atoms with Crippen LogP contribution >= 0.6 is 0 Å². The molecule has 4 aromatic heterocycles. The largest absolute Gasteiger partial charge is 0.349 e. The number of hydrogen-bond acceptors (Lipinski definition) is 5. The molecule has 0 saturated carbocycles. The molecule has 0 aliphatic rings. The van der Waals surface area contributed by atoms with E-state index in [1.165, 1.54) is 4.57 Å². The lowest BCUT2D eigenvalue weighted by atomic mass is 10.1. The highest BCUT2D eigenvalue weighted by Crippen LogP contribution is 2.24. The number of aromatic nitrogens is 6. The summed E-state index contributed by atoms with van der Waals surface area (Å²) in [7, 11) is 0. The molecule has 4 rings (SSSR count). The maximum Gasteiger partial charge on any atom is 0.349 e. The van der Waals surface area contributed by atoms with Crippen LogP contribution in [0.2, 0.25) is 0 Å². The van der Waals surface area contributed by atoms with Crippen LogP contribution in [0.25, 0.3) is 28.0 Å². The lowest BCUT2D eigenvalue weighted by Crippen LogP contribution is -2.20. The van der Waals surface area contributed by atoms with Crippen molar-refractivity contribution in [2.75, 3.05) is 6.54 Å². The number of H-pyrrole nitrogens is 2. The molecule has 10 heteroatoms. The van der Waals surface area contributed by atoms with Gasteiger partial charge in [-0.1, -0.05) is 0 Å². The molecule has 0 unspecified atom stereocenters. The number of pyridine rings is 2. The number of halogens is 2. The van der Waals surface area contributed by atoms with Gasteiger partial charge >= 0.3 is 5.69 Å². The van der Waals surface area contributed by atoms with Gasteiger partial charge in [0, 0.05) is 53.6 Å². The summed E-state index contributed by atoms with van der Waals surface area (Å²) < 4.78 is 27.2. The highest BCUT2D eigenvalue weighted by Gasteiger charge is 2.17. The number of aryl methyl sites for hydroxylation is 1. The maximum atomic E-state index is 13.0. The Balaban J connectivity index is 1.75. The third kappa shape index (κ3) is 3.45. The van der Waals surface area contributed by atoms with Crippen molar-refractivity contribution in [2.45, 2.75) is 13.3 Å². The second kappa shape index (κ2) is 7.40. The molecule has 0 aliphatic heterocycles. The van der Waals surface area contributed by atoms with E-state index in [2.05, 4.69) is 25.1 Å². The van der Waals surface area contributed by atoms with E-state index in [9.17, 15) is 13.6 Å². The number of rotatable bonds is 5. The first-order valence-corrected chi connectivity index (χ1v) is 8.78. The minimum Gasteiger partial charge on any atom is -0.346 e. The summed E-state index contributed by atoms with van der Waals surface area (Å²) in [5.41, 5.74) is 7.68. The number of aromatic amines is 2. The Labute approximate surface area is 163 Å². The summed E-state index contributed by atoms with van der Waals surface area (Å²) in [6.45, 7) is 1.45. The van der Waals surface area contributed by atoms with Crippen LogP contribution in [0.5, 0.6) is 0 Å². The van der Waals surface area contributed by atoms with Crippen molar-refractivity contribution >= 4 is 11.0 Å². The van der Waals surface area contributed by atoms with Crippen LogP contribution in [0.1, 0.15) is 11.4 Å². The van der Waals surface area contributed by atoms with Gasteiger partial charge in [0.15, 0.2) is 0 Å². The monoisotopic (exact) mass is 397 g/mol. The number of nitrogens with zero attached hydrogens (tertiary/aromatic N) is 4. The Kier molecular flexibility index (Phi) is 4.77. The first kappa shape index (κ1) is 18.7. The topological polar surface area (TPSA) is 118 Å². The van der Waals surface area contributed by atoms with E-state index in [-0.39, 0.29) is 24.4 Å². The van der Waals surface area contributed by atoms with Crippen molar-refractivity contribution in [2.24, 2.45) is 5.73 Å². The van der Waals surface area contributed by atoms with Gasteiger partial charge in [-0.3, -0.25) is 0 Å². The van der Waals surface area contributed by atoms with E-state index >= 15 is 0 Å². The molecule has 0 saturated heterocycles. The van der Waals surface area contributed by atoms with Crippen LogP contribution in [0.3, 0.4) is 0 Å². The zero-order chi connectivity index (χ0) is 20.5. The maximum absolute atomic E-state index is 13.0. The normalized spacial score (nSPS) is 11.2. The SMILES string of the molecule is Cc1cc(-c2cnc3[nH]ccc3c2)cnc1-n1c(CC(CN)=C(F)F)n[nH]c1=O. The van der Waals surface area contributed by atoms with Crippen molar-refractivity contribution in [1.82, 2.24) is 29.7 Å². The molecule has 148 valence electrons. The first-order valence-electron chi connectivity index (χ1n) is 8.78. The minimum atomic E-state index is -1.87. The Morgan fingerprint density at radius 1 is 1.21 bits per heavy atom. The van der Waals surface area contributed by atoms with Crippen molar-refractivity contribution in [3.8, 4) is 16.9 Å². The summed E-state index contributed by atoms with van der Waals surface area (Å²) in [6.07, 6.45) is 3.02. The van der Waals surface area contributed by atoms with Crippen LogP contribution in [0.15, 0.2) is 53.2 Å². The number of hydrogen-bond donors (Lipinski definition) is 3. The van der Waals surface area contributed by atoms with Gasteiger partial charge in [-0.2, -0.15) is 13.9 Å². The van der Waals surface area contributed by atoms with Crippen LogP contribution < -0.4 is 11.4 Å². The average Bonchev–Trinajstić information content (AvgIpc) is 3.31. The number of nitrogens with one attached hydrogen (secondary N) is 2. The molecule has 4 aromatic rings. The van der Waals surface area contributed by atoms with E-state index in [1.54, 1.807) is 19.3 Å². The van der Waals surface area contributed by atoms with Crippen molar-refractivity contribution in [1.29, 1.82) is 0 Å². The zero-order valence-electron chi connectivity index (χ0n) is 15.4. The summed E-state index contributed by atoms with van der Waals surface area (Å²) in [5.74, 6) is 0.427. The van der Waals surface area contributed by atoms with E-state index in [1.807, 2.05) is 24.4 Å². The molecule has 0 aromatic carbocycles. The highest BCUT2D eigenvalue weighted by atomic mass is 19.3. The molecule has 0 fully saturated rings. The quantitative estimate of drug-likeness (QED) is 0.478. The molecule has 0 amide bonds. The van der Waals surface area contributed by atoms with Crippen LogP contribution in [0.4, 0.5) is 8.78 Å². The van der Waals surface area contributed by atoms with Gasteiger partial charge in [0.2, 0.25) is 0 Å². The van der Waals surface area contributed by atoms with Gasteiger partial charge in [0.25, 0.3) is 6.08 Å². The number of fused-ring (bicyclic) bond motifs is 1. The van der Waals surface area contributed by atoms with Crippen LogP contribution in [-0.4, -0.2) is 36.3 Å². The molecule has 8 nitrogen and oxygen atoms in total. The van der Waals surface area contributed by atoms with Gasteiger partial charge in [-0.15, -0.1) is 0 Å². The molecule has 0 radical (unpaired) electrons. The Bertz CT molecular complexity index is 1280. The smallest absolute Gasteiger partial charge is 0.346 e. The predicted molar refractivity (Wildman–Crippen MR) is 104 cm³/mol. The fraction of sp³-hybridized carbons (Fsp3) is 0.158. The molecule has 0 atom stereocenters. The Morgan fingerprint density at radius 2 is 1.97 bits per heavy atom. The van der Waals surface area contributed by atoms with Gasteiger partial charge in [0.1, 0.15) is 17.3 Å². The number of nitrogens with two attached hydrogens (primary N) is 1. The van der Waals surface area contributed by atoms with Crippen molar-refractivity contribution in [3.05, 3.63) is 70.3 Å². The van der Waals surface area contributed by atoms with E-state index in [0.717, 1.165) is 22.2 Å². The molecule has 4 N–H and O–H groups in total. The van der Waals surface area contributed by atoms with E-state index < -0.39 is 11.8 Å². The first-order chi connectivity index (χ1) is 14.0. The summed E-state index contributed by atoms with van der Waals surface area (Å²) in [6, 6.07) is 5.76. The van der Waals surface area contributed by atoms with Crippen LogP contribution in [-0.2, 0) is 6.42 Å². The molecule has 29 heavy (non-hydrogen) atoms.